The van der Waals surface area contributed by atoms with Crippen LogP contribution in [-0.4, -0.2) is 36.2 Å². The Labute approximate surface area is 218 Å². The lowest BCUT2D eigenvalue weighted by Crippen LogP contribution is -2.19. The minimum Gasteiger partial charge on any atom is -0.489 e. The lowest BCUT2D eigenvalue weighted by atomic mass is 9.98. The van der Waals surface area contributed by atoms with Crippen LogP contribution in [0.15, 0.2) is 73.3 Å². The number of ether oxygens (including phenoxy) is 1. The Morgan fingerprint density at radius 3 is 2.63 bits per heavy atom. The van der Waals surface area contributed by atoms with E-state index in [-0.39, 0.29) is 11.9 Å². The largest absolute Gasteiger partial charge is 0.489 e. The van der Waals surface area contributed by atoms with Gasteiger partial charge in [-0.15, -0.1) is 0 Å². The Bertz CT molecular complexity index is 1770. The van der Waals surface area contributed by atoms with Gasteiger partial charge in [0.2, 0.25) is 0 Å². The fraction of sp³-hybridized carbons (Fsp3) is 0.200. The van der Waals surface area contributed by atoms with Gasteiger partial charge in [0.15, 0.2) is 0 Å². The van der Waals surface area contributed by atoms with Crippen molar-refractivity contribution in [2.24, 2.45) is 0 Å². The van der Waals surface area contributed by atoms with Gasteiger partial charge in [0.1, 0.15) is 22.8 Å². The number of hydrogen-bond acceptors (Lipinski definition) is 5. The van der Waals surface area contributed by atoms with E-state index in [1.165, 1.54) is 31.4 Å². The predicted octanol–water partition coefficient (Wildman–Crippen LogP) is 7.08. The molecule has 188 valence electrons. The molecule has 2 N–H and O–H groups in total. The van der Waals surface area contributed by atoms with Gasteiger partial charge in [0, 0.05) is 28.9 Å². The number of halogens is 1. The van der Waals surface area contributed by atoms with Gasteiger partial charge < -0.3 is 9.72 Å². The monoisotopic (exact) mass is 504 g/mol. The van der Waals surface area contributed by atoms with E-state index < -0.39 is 0 Å². The quantitative estimate of drug-likeness (QED) is 0.262. The number of hydrogen-bond donors (Lipinski definition) is 2. The zero-order valence-electron chi connectivity index (χ0n) is 20.6. The molecule has 0 radical (unpaired) electrons. The molecule has 0 bridgehead atoms. The number of benzene rings is 1. The maximum absolute atomic E-state index is 13.9. The highest BCUT2D eigenvalue weighted by Crippen LogP contribution is 2.34. The van der Waals surface area contributed by atoms with E-state index in [9.17, 15) is 4.39 Å². The molecular formula is C30H25FN6O. The van der Waals surface area contributed by atoms with Crippen LogP contribution in [0.1, 0.15) is 32.1 Å². The first-order valence-electron chi connectivity index (χ1n) is 12.9. The molecule has 7 nitrogen and oxygen atoms in total. The second-order valence-electron chi connectivity index (χ2n) is 9.79. The molecule has 1 saturated carbocycles. The number of aromatic nitrogens is 6. The zero-order chi connectivity index (χ0) is 25.5. The maximum Gasteiger partial charge on any atom is 0.138 e. The molecule has 1 aliphatic carbocycles. The van der Waals surface area contributed by atoms with Gasteiger partial charge >= 0.3 is 0 Å². The standard InChI is InChI=1S/C30H25FN6O/c31-20-6-4-5-18(11-20)24-16-33-17-28-23(24)13-27(34-28)30-29-26(36-37-30)10-9-25(35-29)19-12-22(15-32-14-19)38-21-7-2-1-3-8-21/h4-6,9-17,21,34H,1-3,7-8H2,(H,36,37). The van der Waals surface area contributed by atoms with Crippen molar-refractivity contribution in [2.45, 2.75) is 38.2 Å². The molecule has 0 atom stereocenters. The number of H-pyrrole nitrogens is 2. The van der Waals surface area contributed by atoms with E-state index in [0.717, 1.165) is 68.6 Å². The third kappa shape index (κ3) is 4.18. The molecule has 1 fully saturated rings. The summed E-state index contributed by atoms with van der Waals surface area (Å²) in [6.45, 7) is 0. The normalized spacial score (nSPS) is 14.3. The summed E-state index contributed by atoms with van der Waals surface area (Å²) < 4.78 is 20.1. The van der Waals surface area contributed by atoms with Gasteiger partial charge in [-0.1, -0.05) is 18.6 Å². The number of fused-ring (bicyclic) bond motifs is 2. The van der Waals surface area contributed by atoms with Gasteiger partial charge in [-0.2, -0.15) is 5.10 Å². The highest BCUT2D eigenvalue weighted by atomic mass is 19.1. The molecule has 0 unspecified atom stereocenters. The fourth-order valence-electron chi connectivity index (χ4n) is 5.31. The highest BCUT2D eigenvalue weighted by molar-refractivity contribution is 6.00. The minimum atomic E-state index is -0.284. The number of rotatable bonds is 5. The van der Waals surface area contributed by atoms with Crippen LogP contribution in [0.3, 0.4) is 0 Å². The van der Waals surface area contributed by atoms with Gasteiger partial charge in [-0.05, 0) is 67.6 Å². The number of nitrogens with zero attached hydrogens (tertiary/aromatic N) is 4. The van der Waals surface area contributed by atoms with Gasteiger partial charge in [-0.25, -0.2) is 9.37 Å². The van der Waals surface area contributed by atoms with Crippen molar-refractivity contribution in [3.63, 3.8) is 0 Å². The van der Waals surface area contributed by atoms with Crippen molar-refractivity contribution in [1.29, 1.82) is 0 Å². The first-order valence-corrected chi connectivity index (χ1v) is 12.9. The first kappa shape index (κ1) is 22.6. The van der Waals surface area contributed by atoms with Gasteiger partial charge in [-0.3, -0.25) is 15.1 Å². The highest BCUT2D eigenvalue weighted by Gasteiger charge is 2.18. The molecule has 8 heteroatoms. The van der Waals surface area contributed by atoms with E-state index in [1.54, 1.807) is 24.7 Å². The zero-order valence-corrected chi connectivity index (χ0v) is 20.6. The summed E-state index contributed by atoms with van der Waals surface area (Å²) >= 11 is 0. The SMILES string of the molecule is Fc1cccc(-c2cncc3[nH]c(-c4n[nH]c5ccc(-c6cncc(OC7CCCCC7)c6)nc45)cc23)c1. The smallest absolute Gasteiger partial charge is 0.138 e. The van der Waals surface area contributed by atoms with E-state index >= 15 is 0 Å². The molecule has 7 rings (SSSR count). The predicted molar refractivity (Wildman–Crippen MR) is 145 cm³/mol. The summed E-state index contributed by atoms with van der Waals surface area (Å²) in [6, 6.07) is 14.5. The molecule has 1 aromatic carbocycles. The minimum absolute atomic E-state index is 0.255. The summed E-state index contributed by atoms with van der Waals surface area (Å²) in [6.07, 6.45) is 13.2. The Kier molecular flexibility index (Phi) is 5.57. The number of nitrogens with one attached hydrogen (secondary N) is 2. The third-order valence-electron chi connectivity index (χ3n) is 7.21. The Morgan fingerprint density at radius 1 is 0.842 bits per heavy atom. The van der Waals surface area contributed by atoms with Crippen LogP contribution < -0.4 is 4.74 Å². The lowest BCUT2D eigenvalue weighted by Gasteiger charge is -2.22. The maximum atomic E-state index is 13.9. The van der Waals surface area contributed by atoms with Crippen LogP contribution in [0.25, 0.3) is 55.7 Å². The van der Waals surface area contributed by atoms with Gasteiger partial charge in [0.25, 0.3) is 0 Å². The van der Waals surface area contributed by atoms with Crippen LogP contribution in [0.2, 0.25) is 0 Å². The second-order valence-corrected chi connectivity index (χ2v) is 9.79. The molecule has 1 aliphatic rings. The summed E-state index contributed by atoms with van der Waals surface area (Å²) in [5.41, 5.74) is 7.20. The van der Waals surface area contributed by atoms with Crippen molar-refractivity contribution in [3.05, 3.63) is 79.1 Å². The molecule has 0 saturated heterocycles. The number of pyridine rings is 3. The average molecular weight is 505 g/mol. The summed E-state index contributed by atoms with van der Waals surface area (Å²) in [5, 5.41) is 8.59. The van der Waals surface area contributed by atoms with Crippen LogP contribution in [-0.2, 0) is 0 Å². The molecule has 0 spiro atoms. The summed E-state index contributed by atoms with van der Waals surface area (Å²) in [7, 11) is 0. The van der Waals surface area contributed by atoms with E-state index in [2.05, 4.69) is 25.1 Å². The molecule has 5 heterocycles. The van der Waals surface area contributed by atoms with Crippen LogP contribution in [0.5, 0.6) is 5.75 Å². The van der Waals surface area contributed by atoms with Crippen molar-refractivity contribution in [1.82, 2.24) is 30.1 Å². The summed E-state index contributed by atoms with van der Waals surface area (Å²) in [4.78, 5) is 17.2. The molecular weight excluding hydrogens is 479 g/mol. The van der Waals surface area contributed by atoms with Crippen LogP contribution >= 0.6 is 0 Å². The molecule has 38 heavy (non-hydrogen) atoms. The summed E-state index contributed by atoms with van der Waals surface area (Å²) in [5.74, 6) is 0.490. The molecule has 5 aromatic heterocycles. The van der Waals surface area contributed by atoms with Gasteiger partial charge in [0.05, 0.1) is 40.9 Å². The fourth-order valence-corrected chi connectivity index (χ4v) is 5.31. The molecule has 6 aromatic rings. The average Bonchev–Trinajstić information content (AvgIpc) is 3.57. The lowest BCUT2D eigenvalue weighted by molar-refractivity contribution is 0.154. The van der Waals surface area contributed by atoms with Crippen molar-refractivity contribution < 1.29 is 9.13 Å². The van der Waals surface area contributed by atoms with Crippen molar-refractivity contribution in [2.75, 3.05) is 0 Å². The molecule has 0 amide bonds. The first-order chi connectivity index (χ1) is 18.7. The topological polar surface area (TPSA) is 92.4 Å². The van der Waals surface area contributed by atoms with Crippen molar-refractivity contribution in [3.8, 4) is 39.5 Å². The van der Waals surface area contributed by atoms with E-state index in [0.29, 0.717) is 5.69 Å². The van der Waals surface area contributed by atoms with Crippen molar-refractivity contribution >= 4 is 21.9 Å². The second kappa shape index (κ2) is 9.37. The Morgan fingerprint density at radius 2 is 1.74 bits per heavy atom. The Hall–Kier alpha value is -4.59. The van der Waals surface area contributed by atoms with Crippen LogP contribution in [0, 0.1) is 5.82 Å². The van der Waals surface area contributed by atoms with E-state index in [4.69, 9.17) is 9.72 Å². The van der Waals surface area contributed by atoms with Crippen LogP contribution in [0.4, 0.5) is 4.39 Å². The third-order valence-corrected chi connectivity index (χ3v) is 7.21. The number of aromatic amines is 2. The Balaban J connectivity index is 1.26. The van der Waals surface area contributed by atoms with E-state index in [1.807, 2.05) is 36.5 Å². The molecule has 0 aliphatic heterocycles.